The number of hydrogen-bond acceptors (Lipinski definition) is 3. The third-order valence-corrected chi connectivity index (χ3v) is 2.01. The van der Waals surface area contributed by atoms with Crippen LogP contribution in [0, 0.1) is 11.3 Å². The Hall–Kier alpha value is -2.47. The summed E-state index contributed by atoms with van der Waals surface area (Å²) in [5.41, 5.74) is 1.45. The Kier molecular flexibility index (Phi) is 3.05. The van der Waals surface area contributed by atoms with Gasteiger partial charge in [0.15, 0.2) is 5.82 Å². The number of benzene rings is 1. The summed E-state index contributed by atoms with van der Waals surface area (Å²) in [5.74, 6) is 0.544. The van der Waals surface area contributed by atoms with Gasteiger partial charge < -0.3 is 0 Å². The van der Waals surface area contributed by atoms with Crippen molar-refractivity contribution in [3.05, 3.63) is 59.7 Å². The van der Waals surface area contributed by atoms with Crippen molar-refractivity contribution < 1.29 is 0 Å². The van der Waals surface area contributed by atoms with Crippen LogP contribution in [0.1, 0.15) is 17.1 Å². The number of aromatic nitrogens is 2. The van der Waals surface area contributed by atoms with Gasteiger partial charge in [0.1, 0.15) is 11.8 Å². The van der Waals surface area contributed by atoms with Crippen molar-refractivity contribution >= 4 is 12.2 Å². The van der Waals surface area contributed by atoms with Crippen molar-refractivity contribution in [3.8, 4) is 6.07 Å². The SMILES string of the molecule is N#Cc1ccnc(/C=C/c2ccccc2)n1. The summed E-state index contributed by atoms with van der Waals surface area (Å²) in [4.78, 5) is 8.10. The lowest BCUT2D eigenvalue weighted by Crippen LogP contribution is -1.89. The van der Waals surface area contributed by atoms with E-state index in [9.17, 15) is 0 Å². The first-order valence-electron chi connectivity index (χ1n) is 4.85. The summed E-state index contributed by atoms with van der Waals surface area (Å²) < 4.78 is 0. The second-order valence-corrected chi connectivity index (χ2v) is 3.16. The van der Waals surface area contributed by atoms with E-state index < -0.39 is 0 Å². The monoisotopic (exact) mass is 207 g/mol. The second kappa shape index (κ2) is 4.85. The molecule has 2 aromatic rings. The number of nitriles is 1. The minimum absolute atomic E-state index is 0.378. The molecule has 0 fully saturated rings. The van der Waals surface area contributed by atoms with Crippen LogP contribution in [0.15, 0.2) is 42.6 Å². The van der Waals surface area contributed by atoms with Gasteiger partial charge in [-0.15, -0.1) is 0 Å². The molecule has 1 aromatic heterocycles. The third-order valence-electron chi connectivity index (χ3n) is 2.01. The minimum atomic E-state index is 0.378. The summed E-state index contributed by atoms with van der Waals surface area (Å²) in [5, 5.41) is 8.68. The highest BCUT2D eigenvalue weighted by Gasteiger charge is 1.93. The molecule has 0 radical (unpaired) electrons. The Morgan fingerprint density at radius 1 is 1.06 bits per heavy atom. The second-order valence-electron chi connectivity index (χ2n) is 3.16. The van der Waals surface area contributed by atoms with Crippen molar-refractivity contribution in [1.82, 2.24) is 9.97 Å². The van der Waals surface area contributed by atoms with Crippen LogP contribution in [0.4, 0.5) is 0 Å². The van der Waals surface area contributed by atoms with Crippen LogP contribution in [-0.2, 0) is 0 Å². The fourth-order valence-corrected chi connectivity index (χ4v) is 1.25. The lowest BCUT2D eigenvalue weighted by Gasteiger charge is -1.93. The predicted octanol–water partition coefficient (Wildman–Crippen LogP) is 2.52. The molecule has 0 amide bonds. The van der Waals surface area contributed by atoms with E-state index in [0.29, 0.717) is 11.5 Å². The molecule has 0 unspecified atom stereocenters. The molecule has 0 aliphatic heterocycles. The topological polar surface area (TPSA) is 49.6 Å². The van der Waals surface area contributed by atoms with Crippen molar-refractivity contribution in [2.75, 3.05) is 0 Å². The highest BCUT2D eigenvalue weighted by Crippen LogP contribution is 2.04. The van der Waals surface area contributed by atoms with Gasteiger partial charge in [-0.25, -0.2) is 9.97 Å². The quantitative estimate of drug-likeness (QED) is 0.760. The fraction of sp³-hybridized carbons (Fsp3) is 0. The van der Waals surface area contributed by atoms with E-state index in [2.05, 4.69) is 9.97 Å². The molecule has 1 aromatic carbocycles. The normalized spacial score (nSPS) is 10.2. The Balaban J connectivity index is 2.21. The van der Waals surface area contributed by atoms with Gasteiger partial charge in [-0.1, -0.05) is 36.4 Å². The Morgan fingerprint density at radius 2 is 1.88 bits per heavy atom. The Bertz CT molecular complexity index is 539. The average molecular weight is 207 g/mol. The molecule has 0 aliphatic carbocycles. The van der Waals surface area contributed by atoms with Gasteiger partial charge in [-0.2, -0.15) is 5.26 Å². The molecule has 0 bridgehead atoms. The van der Waals surface area contributed by atoms with E-state index >= 15 is 0 Å². The van der Waals surface area contributed by atoms with Crippen LogP contribution in [0.2, 0.25) is 0 Å². The molecular formula is C13H9N3. The summed E-state index contributed by atoms with van der Waals surface area (Å²) in [7, 11) is 0. The first kappa shape index (κ1) is 10.1. The molecule has 3 nitrogen and oxygen atoms in total. The average Bonchev–Trinajstić information content (AvgIpc) is 2.38. The van der Waals surface area contributed by atoms with E-state index in [0.717, 1.165) is 5.56 Å². The largest absolute Gasteiger partial charge is 0.237 e. The van der Waals surface area contributed by atoms with Gasteiger partial charge in [0, 0.05) is 6.20 Å². The van der Waals surface area contributed by atoms with Crippen LogP contribution in [0.3, 0.4) is 0 Å². The number of rotatable bonds is 2. The van der Waals surface area contributed by atoms with E-state index in [1.165, 1.54) is 0 Å². The maximum absolute atomic E-state index is 8.68. The molecule has 1 heterocycles. The van der Waals surface area contributed by atoms with Gasteiger partial charge in [0.2, 0.25) is 0 Å². The predicted molar refractivity (Wildman–Crippen MR) is 62.1 cm³/mol. The molecular weight excluding hydrogens is 198 g/mol. The standard InChI is InChI=1S/C13H9N3/c14-10-12-8-9-15-13(16-12)7-6-11-4-2-1-3-5-11/h1-9H/b7-6+. The van der Waals surface area contributed by atoms with E-state index in [1.54, 1.807) is 18.3 Å². The van der Waals surface area contributed by atoms with Gasteiger partial charge in [-0.3, -0.25) is 0 Å². The van der Waals surface area contributed by atoms with Gasteiger partial charge in [-0.05, 0) is 17.7 Å². The zero-order valence-corrected chi connectivity index (χ0v) is 8.54. The third kappa shape index (κ3) is 2.52. The van der Waals surface area contributed by atoms with E-state index in [1.807, 2.05) is 42.5 Å². The van der Waals surface area contributed by atoms with Gasteiger partial charge in [0.25, 0.3) is 0 Å². The molecule has 16 heavy (non-hydrogen) atoms. The van der Waals surface area contributed by atoms with Gasteiger partial charge >= 0.3 is 0 Å². The van der Waals surface area contributed by atoms with Crippen LogP contribution in [-0.4, -0.2) is 9.97 Å². The lowest BCUT2D eigenvalue weighted by molar-refractivity contribution is 1.11. The maximum Gasteiger partial charge on any atom is 0.153 e. The maximum atomic E-state index is 8.68. The molecule has 0 aliphatic rings. The van der Waals surface area contributed by atoms with E-state index in [-0.39, 0.29) is 0 Å². The highest BCUT2D eigenvalue weighted by molar-refractivity contribution is 5.66. The van der Waals surface area contributed by atoms with Crippen molar-refractivity contribution in [2.45, 2.75) is 0 Å². The Labute approximate surface area is 93.7 Å². The zero-order chi connectivity index (χ0) is 11.2. The van der Waals surface area contributed by atoms with Crippen LogP contribution in [0.25, 0.3) is 12.2 Å². The van der Waals surface area contributed by atoms with Crippen molar-refractivity contribution in [3.63, 3.8) is 0 Å². The summed E-state index contributed by atoms with van der Waals surface area (Å²) in [6.45, 7) is 0. The van der Waals surface area contributed by atoms with Crippen molar-refractivity contribution in [1.29, 1.82) is 5.26 Å². The summed E-state index contributed by atoms with van der Waals surface area (Å²) in [6, 6.07) is 13.4. The Morgan fingerprint density at radius 3 is 2.62 bits per heavy atom. The molecule has 0 saturated carbocycles. The zero-order valence-electron chi connectivity index (χ0n) is 8.54. The van der Waals surface area contributed by atoms with Crippen LogP contribution < -0.4 is 0 Å². The number of hydrogen-bond donors (Lipinski definition) is 0. The molecule has 3 heteroatoms. The molecule has 2 rings (SSSR count). The van der Waals surface area contributed by atoms with Crippen LogP contribution >= 0.6 is 0 Å². The van der Waals surface area contributed by atoms with E-state index in [4.69, 9.17) is 5.26 Å². The summed E-state index contributed by atoms with van der Waals surface area (Å²) in [6.07, 6.45) is 5.28. The van der Waals surface area contributed by atoms with Crippen molar-refractivity contribution in [2.24, 2.45) is 0 Å². The molecule has 0 saturated heterocycles. The molecule has 0 N–H and O–H groups in total. The smallest absolute Gasteiger partial charge is 0.153 e. The minimum Gasteiger partial charge on any atom is -0.237 e. The molecule has 76 valence electrons. The fourth-order valence-electron chi connectivity index (χ4n) is 1.25. The highest BCUT2D eigenvalue weighted by atomic mass is 14.9. The van der Waals surface area contributed by atoms with Crippen LogP contribution in [0.5, 0.6) is 0 Å². The first-order chi connectivity index (χ1) is 7.88. The molecule has 0 spiro atoms. The summed E-state index contributed by atoms with van der Waals surface area (Å²) >= 11 is 0. The van der Waals surface area contributed by atoms with Gasteiger partial charge in [0.05, 0.1) is 0 Å². The molecule has 0 atom stereocenters. The first-order valence-corrected chi connectivity index (χ1v) is 4.85. The number of nitrogens with zero attached hydrogens (tertiary/aromatic N) is 3. The lowest BCUT2D eigenvalue weighted by atomic mass is 10.2.